The van der Waals surface area contributed by atoms with E-state index in [4.69, 9.17) is 9.10 Å². The molecule has 0 saturated carbocycles. The third-order valence-corrected chi connectivity index (χ3v) is 5.30. The third kappa shape index (κ3) is 1.99. The topological polar surface area (TPSA) is 34.6 Å². The Morgan fingerprint density at radius 1 is 1.15 bits per heavy atom. The van der Waals surface area contributed by atoms with Crippen LogP contribution in [0.15, 0.2) is 42.7 Å². The molecule has 2 aromatic heterocycles. The van der Waals surface area contributed by atoms with E-state index < -0.39 is 6.85 Å². The molecule has 3 heterocycles. The minimum atomic E-state index is -2.26. The van der Waals surface area contributed by atoms with Gasteiger partial charge in [-0.3, -0.25) is 4.57 Å². The predicted octanol–water partition coefficient (Wildman–Crippen LogP) is 3.74. The number of rotatable bonds is 1. The Labute approximate surface area is 157 Å². The second-order valence-electron chi connectivity index (χ2n) is 6.99. The lowest BCUT2D eigenvalue weighted by atomic mass is 9.98. The summed E-state index contributed by atoms with van der Waals surface area (Å²) >= 11 is 0. The number of aromatic nitrogens is 4. The van der Waals surface area contributed by atoms with Crippen molar-refractivity contribution in [3.05, 3.63) is 70.9 Å². The van der Waals surface area contributed by atoms with E-state index in [-0.39, 0.29) is 0 Å². The molecule has 0 aliphatic carbocycles. The number of benzene rings is 2. The van der Waals surface area contributed by atoms with Crippen molar-refractivity contribution in [1.29, 1.82) is 0 Å². The molecule has 0 spiro atoms. The highest BCUT2D eigenvalue weighted by Gasteiger charge is 2.25. The maximum Gasteiger partial charge on any atom is 0.286 e. The average Bonchev–Trinajstić information content (AvgIpc) is 3.17. The van der Waals surface area contributed by atoms with Crippen LogP contribution in [0.1, 0.15) is 32.3 Å². The first-order valence-electron chi connectivity index (χ1n) is 10.2. The summed E-state index contributed by atoms with van der Waals surface area (Å²) in [5.74, 6) is 0.888. The summed E-state index contributed by atoms with van der Waals surface area (Å²) in [6.45, 7) is 1.56. The molecular weight excluding hydrogens is 320 g/mol. The van der Waals surface area contributed by atoms with E-state index >= 15 is 0 Å². The van der Waals surface area contributed by atoms with Crippen LogP contribution >= 0.6 is 0 Å². The van der Waals surface area contributed by atoms with Crippen LogP contribution in [0.3, 0.4) is 0 Å². The highest BCUT2D eigenvalue weighted by Crippen LogP contribution is 2.36. The Morgan fingerprint density at radius 2 is 2.00 bits per heavy atom. The first kappa shape index (κ1) is 12.4. The molecule has 128 valence electrons. The van der Waals surface area contributed by atoms with Crippen molar-refractivity contribution in [2.24, 2.45) is 7.05 Å². The van der Waals surface area contributed by atoms with Crippen LogP contribution in [0, 0.1) is 20.7 Å². The highest BCUT2D eigenvalue weighted by atomic mass is 15.1. The van der Waals surface area contributed by atoms with Crippen LogP contribution in [0.4, 0.5) is 0 Å². The first-order valence-corrected chi connectivity index (χ1v) is 8.72. The molecule has 0 atom stereocenters. The zero-order valence-corrected chi connectivity index (χ0v) is 15.0. The Hall–Kier alpha value is -3.01. The lowest BCUT2D eigenvalue weighted by Gasteiger charge is -2.12. The Morgan fingerprint density at radius 3 is 2.85 bits per heavy atom. The van der Waals surface area contributed by atoms with Crippen LogP contribution in [0.25, 0.3) is 28.0 Å². The van der Waals surface area contributed by atoms with Gasteiger partial charge in [-0.25, -0.2) is 9.55 Å². The molecule has 4 nitrogen and oxygen atoms in total. The average molecular weight is 344 g/mol. The molecular formula is C22H21N4+. The van der Waals surface area contributed by atoms with Gasteiger partial charge >= 0.3 is 0 Å². The summed E-state index contributed by atoms with van der Waals surface area (Å²) < 4.78 is 28.7. The number of fused-ring (bicyclic) bond motifs is 5. The van der Waals surface area contributed by atoms with Crippen molar-refractivity contribution < 1.29 is 8.68 Å². The molecule has 0 saturated heterocycles. The maximum atomic E-state index is 8.22. The van der Waals surface area contributed by atoms with Crippen molar-refractivity contribution in [3.8, 4) is 16.9 Å². The van der Waals surface area contributed by atoms with Crippen molar-refractivity contribution in [3.63, 3.8) is 0 Å². The summed E-state index contributed by atoms with van der Waals surface area (Å²) in [6.07, 6.45) is 2.47. The number of nitrogens with zero attached hydrogens (tertiary/aromatic N) is 4. The fraction of sp³-hybridized carbons (Fsp3) is 0.227. The van der Waals surface area contributed by atoms with Crippen molar-refractivity contribution in [2.75, 3.05) is 0 Å². The van der Waals surface area contributed by atoms with Gasteiger partial charge in [0.15, 0.2) is 5.69 Å². The molecule has 0 unspecified atom stereocenters. The van der Waals surface area contributed by atoms with Crippen molar-refractivity contribution in [2.45, 2.75) is 27.1 Å². The summed E-state index contributed by atoms with van der Waals surface area (Å²) in [5.41, 5.74) is 7.48. The van der Waals surface area contributed by atoms with Gasteiger partial charge in [-0.1, -0.05) is 23.2 Å². The van der Waals surface area contributed by atoms with Gasteiger partial charge in [-0.15, -0.1) is 0 Å². The van der Waals surface area contributed by atoms with Crippen LogP contribution in [0.2, 0.25) is 0 Å². The summed E-state index contributed by atoms with van der Waals surface area (Å²) in [7, 11) is 1.93. The van der Waals surface area contributed by atoms with Crippen LogP contribution < -0.4 is 4.57 Å². The van der Waals surface area contributed by atoms with E-state index in [1.54, 1.807) is 6.33 Å². The van der Waals surface area contributed by atoms with Gasteiger partial charge in [-0.05, 0) is 42.6 Å². The minimum absolute atomic E-state index is 0.332. The standard InChI is InChI=1S/C22H21N4/c1-13-9-19(25(4)12-23-13)17-11-20-22(15(3)14(17)2)24-21-10-16-7-5-6-8-18(16)26(20)21/h5-9,11-12H,10H2,1-4H3/q+1/i3D3. The second kappa shape index (κ2) is 5.24. The smallest absolute Gasteiger partial charge is 0.286 e. The predicted molar refractivity (Wildman–Crippen MR) is 102 cm³/mol. The van der Waals surface area contributed by atoms with E-state index in [0.29, 0.717) is 17.5 Å². The molecule has 0 radical (unpaired) electrons. The molecule has 26 heavy (non-hydrogen) atoms. The van der Waals surface area contributed by atoms with Crippen LogP contribution in [-0.2, 0) is 13.5 Å². The quantitative estimate of drug-likeness (QED) is 0.434. The van der Waals surface area contributed by atoms with E-state index in [1.807, 2.05) is 43.7 Å². The SMILES string of the molecule is [2H]C([2H])([2H])c1c(C)c(-c2cc(C)nc[n+]2C)cc2c1nc1n2-c2ccccc2C1. The third-order valence-electron chi connectivity index (χ3n) is 5.30. The number of imidazole rings is 1. The van der Waals surface area contributed by atoms with Crippen LogP contribution in [0.5, 0.6) is 0 Å². The Balaban J connectivity index is 1.92. The minimum Gasteiger partial charge on any atom is -0.296 e. The molecule has 2 aromatic carbocycles. The first-order chi connectivity index (χ1) is 13.8. The van der Waals surface area contributed by atoms with Crippen molar-refractivity contribution in [1.82, 2.24) is 14.5 Å². The van der Waals surface area contributed by atoms with Crippen molar-refractivity contribution >= 4 is 11.0 Å². The number of para-hydroxylation sites is 1. The lowest BCUT2D eigenvalue weighted by Crippen LogP contribution is -2.31. The largest absolute Gasteiger partial charge is 0.296 e. The summed E-state index contributed by atoms with van der Waals surface area (Å²) in [5, 5.41) is 0. The molecule has 0 fully saturated rings. The normalized spacial score (nSPS) is 14.7. The number of hydrogen-bond acceptors (Lipinski definition) is 2. The van der Waals surface area contributed by atoms with Gasteiger partial charge < -0.3 is 0 Å². The fourth-order valence-electron chi connectivity index (χ4n) is 3.90. The molecule has 1 aliphatic heterocycles. The molecule has 0 bridgehead atoms. The summed E-state index contributed by atoms with van der Waals surface area (Å²) in [6, 6.07) is 12.3. The zero-order valence-electron chi connectivity index (χ0n) is 18.0. The summed E-state index contributed by atoms with van der Waals surface area (Å²) in [4.78, 5) is 9.13. The molecule has 4 aromatic rings. The Kier molecular flexibility index (Phi) is 2.49. The molecule has 1 aliphatic rings. The van der Waals surface area contributed by atoms with Gasteiger partial charge in [0, 0.05) is 29.1 Å². The van der Waals surface area contributed by atoms with Gasteiger partial charge in [0.2, 0.25) is 0 Å². The Bertz CT molecular complexity index is 1300. The van der Waals surface area contributed by atoms with E-state index in [1.165, 1.54) is 5.56 Å². The van der Waals surface area contributed by atoms with Gasteiger partial charge in [0.25, 0.3) is 6.33 Å². The van der Waals surface area contributed by atoms with E-state index in [9.17, 15) is 0 Å². The van der Waals surface area contributed by atoms with Gasteiger partial charge in [-0.2, -0.15) is 0 Å². The molecule has 0 N–H and O–H groups in total. The fourth-order valence-corrected chi connectivity index (χ4v) is 3.90. The second-order valence-corrected chi connectivity index (χ2v) is 6.99. The maximum absolute atomic E-state index is 8.22. The number of hydrogen-bond donors (Lipinski definition) is 0. The van der Waals surface area contributed by atoms with Gasteiger partial charge in [0.05, 0.1) is 23.8 Å². The zero-order chi connectivity index (χ0) is 20.5. The number of aryl methyl sites for hydroxylation is 3. The highest BCUT2D eigenvalue weighted by molar-refractivity contribution is 5.89. The molecule has 5 rings (SSSR count). The monoisotopic (exact) mass is 344 g/mol. The molecule has 0 amide bonds. The van der Waals surface area contributed by atoms with Crippen LogP contribution in [-0.4, -0.2) is 14.5 Å². The van der Waals surface area contributed by atoms with Gasteiger partial charge in [0.1, 0.15) is 11.5 Å². The lowest BCUT2D eigenvalue weighted by molar-refractivity contribution is -0.663. The van der Waals surface area contributed by atoms with E-state index in [2.05, 4.69) is 27.8 Å². The van der Waals surface area contributed by atoms with E-state index in [0.717, 1.165) is 39.5 Å². The molecule has 4 heteroatoms.